The molecule has 0 fully saturated rings. The molecule has 1 amide bonds. The van der Waals surface area contributed by atoms with Crippen LogP contribution in [-0.4, -0.2) is 39.3 Å². The Morgan fingerprint density at radius 2 is 1.81 bits per heavy atom. The predicted octanol–water partition coefficient (Wildman–Crippen LogP) is 2.87. The number of rotatable bonds is 6. The van der Waals surface area contributed by atoms with Crippen molar-refractivity contribution in [3.63, 3.8) is 0 Å². The minimum Gasteiger partial charge on any atom is -0.492 e. The second kappa shape index (κ2) is 7.79. The lowest BCUT2D eigenvalue weighted by molar-refractivity contribution is 0.102. The Hall–Kier alpha value is -2.52. The van der Waals surface area contributed by atoms with Crippen LogP contribution in [0.25, 0.3) is 0 Å². The lowest BCUT2D eigenvalue weighted by Gasteiger charge is -2.16. The van der Waals surface area contributed by atoms with Crippen molar-refractivity contribution in [3.05, 3.63) is 53.6 Å². The Morgan fingerprint density at radius 1 is 1.12 bits per heavy atom. The van der Waals surface area contributed by atoms with Gasteiger partial charge in [0.1, 0.15) is 10.6 Å². The van der Waals surface area contributed by atoms with E-state index in [0.29, 0.717) is 0 Å². The summed E-state index contributed by atoms with van der Waals surface area (Å²) < 4.78 is 57.5. The maximum Gasteiger partial charge on any atom is 0.255 e. The molecule has 2 rings (SSSR count). The third kappa shape index (κ3) is 4.17. The summed E-state index contributed by atoms with van der Waals surface area (Å²) in [6, 6.07) is 6.84. The van der Waals surface area contributed by atoms with Crippen LogP contribution < -0.4 is 10.1 Å². The molecule has 2 aromatic carbocycles. The number of hydrogen-bond acceptors (Lipinski definition) is 4. The number of amides is 1. The fourth-order valence-electron chi connectivity index (χ4n) is 2.10. The van der Waals surface area contributed by atoms with Crippen molar-refractivity contribution in [2.75, 3.05) is 26.0 Å². The summed E-state index contributed by atoms with van der Waals surface area (Å²) in [5, 5.41) is 2.46. The largest absolute Gasteiger partial charge is 0.492 e. The summed E-state index contributed by atoms with van der Waals surface area (Å²) in [6.45, 7) is 1.97. The minimum absolute atomic E-state index is 0.102. The van der Waals surface area contributed by atoms with E-state index >= 15 is 0 Å². The van der Waals surface area contributed by atoms with E-state index in [1.807, 2.05) is 0 Å². The highest BCUT2D eigenvalue weighted by Crippen LogP contribution is 2.29. The number of anilines is 1. The zero-order chi connectivity index (χ0) is 19.5. The average molecular weight is 384 g/mol. The van der Waals surface area contributed by atoms with Gasteiger partial charge in [-0.1, -0.05) is 0 Å². The highest BCUT2D eigenvalue weighted by Gasteiger charge is 2.23. The van der Waals surface area contributed by atoms with Gasteiger partial charge in [0.25, 0.3) is 5.91 Å². The van der Waals surface area contributed by atoms with Gasteiger partial charge in [0.05, 0.1) is 6.61 Å². The van der Waals surface area contributed by atoms with Crippen molar-refractivity contribution >= 4 is 21.6 Å². The molecule has 0 saturated heterocycles. The first kappa shape index (κ1) is 19.8. The van der Waals surface area contributed by atoms with Gasteiger partial charge in [0, 0.05) is 25.3 Å². The van der Waals surface area contributed by atoms with Crippen LogP contribution in [0.15, 0.2) is 41.3 Å². The fourth-order valence-corrected chi connectivity index (χ4v) is 3.15. The lowest BCUT2D eigenvalue weighted by Crippen LogP contribution is -2.23. The van der Waals surface area contributed by atoms with Crippen LogP contribution in [0.3, 0.4) is 0 Å². The van der Waals surface area contributed by atoms with Crippen molar-refractivity contribution in [3.8, 4) is 5.75 Å². The van der Waals surface area contributed by atoms with Gasteiger partial charge in [0.2, 0.25) is 10.0 Å². The quantitative estimate of drug-likeness (QED) is 0.831. The van der Waals surface area contributed by atoms with Crippen LogP contribution >= 0.6 is 0 Å². The van der Waals surface area contributed by atoms with Crippen molar-refractivity contribution < 1.29 is 26.7 Å². The Bertz CT molecular complexity index is 930. The molecule has 1 N–H and O–H groups in total. The van der Waals surface area contributed by atoms with Crippen LogP contribution in [0, 0.1) is 11.6 Å². The van der Waals surface area contributed by atoms with Gasteiger partial charge in [0.15, 0.2) is 11.6 Å². The first-order valence-corrected chi connectivity index (χ1v) is 9.06. The Kier molecular flexibility index (Phi) is 5.94. The van der Waals surface area contributed by atoms with Crippen LogP contribution in [0.2, 0.25) is 0 Å². The van der Waals surface area contributed by atoms with Crippen molar-refractivity contribution in [1.82, 2.24) is 4.31 Å². The van der Waals surface area contributed by atoms with Gasteiger partial charge in [-0.25, -0.2) is 21.5 Å². The van der Waals surface area contributed by atoms with E-state index in [-0.39, 0.29) is 28.5 Å². The molecule has 0 heterocycles. The SMILES string of the molecule is CCOc1ccc(NC(=O)c2ccc(F)c(F)c2)cc1S(=O)(=O)N(C)C. The van der Waals surface area contributed by atoms with Crippen molar-refractivity contribution in [2.45, 2.75) is 11.8 Å². The molecule has 0 aliphatic carbocycles. The number of halogens is 2. The molecule has 0 bridgehead atoms. The summed E-state index contributed by atoms with van der Waals surface area (Å²) >= 11 is 0. The summed E-state index contributed by atoms with van der Waals surface area (Å²) in [6.07, 6.45) is 0. The molecule has 0 radical (unpaired) electrons. The number of benzene rings is 2. The first-order valence-electron chi connectivity index (χ1n) is 7.62. The van der Waals surface area contributed by atoms with Crippen molar-refractivity contribution in [2.24, 2.45) is 0 Å². The molecular formula is C17H18F2N2O4S. The minimum atomic E-state index is -3.82. The Balaban J connectivity index is 2.38. The Labute approximate surface area is 150 Å². The molecular weight excluding hydrogens is 366 g/mol. The van der Waals surface area contributed by atoms with Crippen molar-refractivity contribution in [1.29, 1.82) is 0 Å². The summed E-state index contributed by atoms with van der Waals surface area (Å²) in [4.78, 5) is 12.1. The molecule has 26 heavy (non-hydrogen) atoms. The summed E-state index contributed by atoms with van der Waals surface area (Å²) in [7, 11) is -1.07. The van der Waals surface area contributed by atoms with Gasteiger partial charge in [-0.3, -0.25) is 4.79 Å². The molecule has 0 aromatic heterocycles. The first-order chi connectivity index (χ1) is 12.2. The molecule has 6 nitrogen and oxygen atoms in total. The van der Waals surface area contributed by atoms with Gasteiger partial charge in [-0.05, 0) is 43.3 Å². The molecule has 0 saturated carbocycles. The molecule has 9 heteroatoms. The second-order valence-electron chi connectivity index (χ2n) is 5.46. The summed E-state index contributed by atoms with van der Waals surface area (Å²) in [5.41, 5.74) is 0.0680. The standard InChI is InChI=1S/C17H18F2N2O4S/c1-4-25-15-8-6-12(10-16(15)26(23,24)21(2)3)20-17(22)11-5-7-13(18)14(19)9-11/h5-10H,4H2,1-3H3,(H,20,22). The van der Waals surface area contributed by atoms with E-state index < -0.39 is 27.6 Å². The highest BCUT2D eigenvalue weighted by molar-refractivity contribution is 7.89. The second-order valence-corrected chi connectivity index (χ2v) is 7.59. The van der Waals surface area contributed by atoms with Crippen LogP contribution in [0.1, 0.15) is 17.3 Å². The molecule has 0 spiro atoms. The van der Waals surface area contributed by atoms with E-state index in [1.165, 1.54) is 32.3 Å². The number of ether oxygens (including phenoxy) is 1. The molecule has 2 aromatic rings. The highest BCUT2D eigenvalue weighted by atomic mass is 32.2. The van der Waals surface area contributed by atoms with Gasteiger partial charge in [-0.15, -0.1) is 0 Å². The normalized spacial score (nSPS) is 11.5. The maximum absolute atomic E-state index is 13.3. The number of nitrogens with one attached hydrogen (secondary N) is 1. The molecule has 0 aliphatic rings. The number of carbonyl (C=O) groups excluding carboxylic acids is 1. The number of hydrogen-bond donors (Lipinski definition) is 1. The van der Waals surface area contributed by atoms with Gasteiger partial charge >= 0.3 is 0 Å². The topological polar surface area (TPSA) is 75.7 Å². The number of nitrogens with zero attached hydrogens (tertiary/aromatic N) is 1. The molecule has 0 aliphatic heterocycles. The zero-order valence-electron chi connectivity index (χ0n) is 14.4. The van der Waals surface area contributed by atoms with E-state index in [4.69, 9.17) is 4.74 Å². The fraction of sp³-hybridized carbons (Fsp3) is 0.235. The average Bonchev–Trinajstić information content (AvgIpc) is 2.58. The smallest absolute Gasteiger partial charge is 0.255 e. The molecule has 0 atom stereocenters. The van der Waals surface area contributed by atoms with E-state index in [0.717, 1.165) is 22.5 Å². The number of sulfonamides is 1. The van der Waals surface area contributed by atoms with E-state index in [9.17, 15) is 22.0 Å². The third-order valence-corrected chi connectivity index (χ3v) is 5.28. The van der Waals surface area contributed by atoms with E-state index in [2.05, 4.69) is 5.32 Å². The van der Waals surface area contributed by atoms with Gasteiger partial charge in [-0.2, -0.15) is 0 Å². The molecule has 0 unspecified atom stereocenters. The van der Waals surface area contributed by atoms with Crippen LogP contribution in [0.5, 0.6) is 5.75 Å². The monoisotopic (exact) mass is 384 g/mol. The lowest BCUT2D eigenvalue weighted by atomic mass is 10.2. The maximum atomic E-state index is 13.3. The van der Waals surface area contributed by atoms with Gasteiger partial charge < -0.3 is 10.1 Å². The zero-order valence-corrected chi connectivity index (χ0v) is 15.2. The predicted molar refractivity (Wildman–Crippen MR) is 92.8 cm³/mol. The van der Waals surface area contributed by atoms with E-state index in [1.54, 1.807) is 6.92 Å². The van der Waals surface area contributed by atoms with Crippen LogP contribution in [-0.2, 0) is 10.0 Å². The Morgan fingerprint density at radius 3 is 2.38 bits per heavy atom. The van der Waals surface area contributed by atoms with Crippen LogP contribution in [0.4, 0.5) is 14.5 Å². The third-order valence-electron chi connectivity index (χ3n) is 3.44. The molecule has 140 valence electrons. The number of carbonyl (C=O) groups is 1. The summed E-state index contributed by atoms with van der Waals surface area (Å²) in [5.74, 6) is -2.78.